The Morgan fingerprint density at radius 3 is 2.52 bits per heavy atom. The fourth-order valence-corrected chi connectivity index (χ4v) is 2.37. The van der Waals surface area contributed by atoms with Gasteiger partial charge in [-0.1, -0.05) is 11.8 Å². The number of rotatable bonds is 7. The third kappa shape index (κ3) is 5.30. The summed E-state index contributed by atoms with van der Waals surface area (Å²) in [6.07, 6.45) is 1.27. The third-order valence-electron chi connectivity index (χ3n) is 2.78. The van der Waals surface area contributed by atoms with Crippen molar-refractivity contribution in [1.82, 2.24) is 4.98 Å². The van der Waals surface area contributed by atoms with Crippen LogP contribution in [0.15, 0.2) is 47.6 Å². The lowest BCUT2D eigenvalue weighted by Gasteiger charge is -2.07. The molecule has 0 saturated carbocycles. The molecule has 0 fully saturated rings. The topological polar surface area (TPSA) is 88.5 Å². The summed E-state index contributed by atoms with van der Waals surface area (Å²) in [6, 6.07) is 10.2. The molecule has 0 atom stereocenters. The van der Waals surface area contributed by atoms with E-state index in [4.69, 9.17) is 9.84 Å². The summed E-state index contributed by atoms with van der Waals surface area (Å²) in [5, 5.41) is 12.2. The van der Waals surface area contributed by atoms with Gasteiger partial charge in [0.2, 0.25) is 5.91 Å². The van der Waals surface area contributed by atoms with Crippen LogP contribution in [0.1, 0.15) is 17.3 Å². The zero-order chi connectivity index (χ0) is 16.7. The van der Waals surface area contributed by atoms with Crippen molar-refractivity contribution < 1.29 is 19.4 Å². The average Bonchev–Trinajstić information content (AvgIpc) is 2.55. The van der Waals surface area contributed by atoms with Crippen molar-refractivity contribution >= 4 is 29.3 Å². The molecule has 2 aromatic rings. The summed E-state index contributed by atoms with van der Waals surface area (Å²) in [5.74, 6) is -0.250. The van der Waals surface area contributed by atoms with E-state index in [-0.39, 0.29) is 17.2 Å². The van der Waals surface area contributed by atoms with Crippen LogP contribution in [0.2, 0.25) is 0 Å². The summed E-state index contributed by atoms with van der Waals surface area (Å²) in [7, 11) is 0. The Bertz CT molecular complexity index is 671. The van der Waals surface area contributed by atoms with E-state index in [2.05, 4.69) is 10.3 Å². The molecule has 1 aromatic carbocycles. The third-order valence-corrected chi connectivity index (χ3v) is 3.73. The van der Waals surface area contributed by atoms with E-state index in [1.807, 2.05) is 6.92 Å². The number of hydrogen-bond donors (Lipinski definition) is 2. The minimum Gasteiger partial charge on any atom is -0.494 e. The Labute approximate surface area is 137 Å². The molecule has 0 spiro atoms. The number of benzene rings is 1. The van der Waals surface area contributed by atoms with Crippen LogP contribution in [-0.4, -0.2) is 34.3 Å². The second-order valence-corrected chi connectivity index (χ2v) is 5.48. The Morgan fingerprint density at radius 1 is 1.22 bits per heavy atom. The van der Waals surface area contributed by atoms with Crippen LogP contribution in [0.5, 0.6) is 5.75 Å². The lowest BCUT2D eigenvalue weighted by Crippen LogP contribution is -2.14. The van der Waals surface area contributed by atoms with Gasteiger partial charge in [-0.05, 0) is 43.3 Å². The smallest absolute Gasteiger partial charge is 0.337 e. The van der Waals surface area contributed by atoms with E-state index in [1.54, 1.807) is 30.3 Å². The van der Waals surface area contributed by atoms with Crippen molar-refractivity contribution in [2.75, 3.05) is 17.7 Å². The predicted octanol–water partition coefficient (Wildman–Crippen LogP) is 2.91. The summed E-state index contributed by atoms with van der Waals surface area (Å²) in [6.45, 7) is 2.50. The van der Waals surface area contributed by atoms with Gasteiger partial charge in [-0.15, -0.1) is 0 Å². The van der Waals surface area contributed by atoms with Gasteiger partial charge in [-0.25, -0.2) is 9.78 Å². The van der Waals surface area contributed by atoms with Gasteiger partial charge in [0.15, 0.2) is 0 Å². The van der Waals surface area contributed by atoms with Crippen molar-refractivity contribution in [3.8, 4) is 5.75 Å². The monoisotopic (exact) mass is 332 g/mol. The highest BCUT2D eigenvalue weighted by Crippen LogP contribution is 2.18. The number of carbonyl (C=O) groups excluding carboxylic acids is 1. The number of carbonyl (C=O) groups is 2. The van der Waals surface area contributed by atoms with Gasteiger partial charge in [0.1, 0.15) is 5.75 Å². The number of ether oxygens (including phenoxy) is 1. The first-order chi connectivity index (χ1) is 11.1. The molecule has 120 valence electrons. The quantitative estimate of drug-likeness (QED) is 0.758. The molecular formula is C16H16N2O4S. The number of aromatic nitrogens is 1. The lowest BCUT2D eigenvalue weighted by atomic mass is 10.3. The van der Waals surface area contributed by atoms with E-state index in [0.29, 0.717) is 17.3 Å². The molecule has 23 heavy (non-hydrogen) atoms. The van der Waals surface area contributed by atoms with Crippen molar-refractivity contribution in [2.24, 2.45) is 0 Å². The van der Waals surface area contributed by atoms with Gasteiger partial charge in [0.05, 0.1) is 22.9 Å². The normalized spacial score (nSPS) is 10.1. The fraction of sp³-hybridized carbons (Fsp3) is 0.188. The molecule has 2 rings (SSSR count). The first-order valence-corrected chi connectivity index (χ1v) is 7.92. The van der Waals surface area contributed by atoms with Crippen LogP contribution in [0.3, 0.4) is 0 Å². The maximum Gasteiger partial charge on any atom is 0.337 e. The van der Waals surface area contributed by atoms with Crippen molar-refractivity contribution in [3.05, 3.63) is 48.2 Å². The van der Waals surface area contributed by atoms with E-state index in [1.165, 1.54) is 24.0 Å². The van der Waals surface area contributed by atoms with E-state index >= 15 is 0 Å². The van der Waals surface area contributed by atoms with Crippen LogP contribution in [0.25, 0.3) is 0 Å². The molecule has 2 N–H and O–H groups in total. The zero-order valence-corrected chi connectivity index (χ0v) is 13.3. The molecule has 0 aliphatic rings. The van der Waals surface area contributed by atoms with Crippen LogP contribution in [0, 0.1) is 0 Å². The number of nitrogens with one attached hydrogen (secondary N) is 1. The van der Waals surface area contributed by atoms with Gasteiger partial charge in [0.25, 0.3) is 0 Å². The molecule has 6 nitrogen and oxygen atoms in total. The standard InChI is InChI=1S/C16H16N2O4S/c1-2-22-13-6-4-12(5-7-13)18-14(19)10-23-15-8-3-11(9-17-15)16(20)21/h3-9H,2,10H2,1H3,(H,18,19)(H,20,21). The van der Waals surface area contributed by atoms with Gasteiger partial charge in [0, 0.05) is 11.9 Å². The summed E-state index contributed by atoms with van der Waals surface area (Å²) in [4.78, 5) is 26.6. The minimum absolute atomic E-state index is 0.119. The number of hydrogen-bond acceptors (Lipinski definition) is 5. The summed E-state index contributed by atoms with van der Waals surface area (Å²) < 4.78 is 5.33. The number of thioether (sulfide) groups is 1. The second-order valence-electron chi connectivity index (χ2n) is 4.48. The van der Waals surface area contributed by atoms with Crippen molar-refractivity contribution in [1.29, 1.82) is 0 Å². The molecule has 0 aliphatic heterocycles. The number of amides is 1. The lowest BCUT2D eigenvalue weighted by molar-refractivity contribution is -0.113. The van der Waals surface area contributed by atoms with E-state index in [0.717, 1.165) is 5.75 Å². The summed E-state index contributed by atoms with van der Waals surface area (Å²) in [5.41, 5.74) is 0.807. The molecule has 0 bridgehead atoms. The van der Waals surface area contributed by atoms with E-state index in [9.17, 15) is 9.59 Å². The molecule has 0 unspecified atom stereocenters. The first-order valence-electron chi connectivity index (χ1n) is 6.93. The van der Waals surface area contributed by atoms with Gasteiger partial charge in [-0.2, -0.15) is 0 Å². The maximum atomic E-state index is 11.9. The molecular weight excluding hydrogens is 316 g/mol. The van der Waals surface area contributed by atoms with Crippen LogP contribution < -0.4 is 10.1 Å². The number of carboxylic acid groups (broad SMARTS) is 1. The Hall–Kier alpha value is -2.54. The maximum absolute atomic E-state index is 11.9. The minimum atomic E-state index is -1.03. The van der Waals surface area contributed by atoms with Gasteiger partial charge >= 0.3 is 5.97 Å². The Morgan fingerprint density at radius 2 is 1.96 bits per heavy atom. The van der Waals surface area contributed by atoms with E-state index < -0.39 is 5.97 Å². The largest absolute Gasteiger partial charge is 0.494 e. The molecule has 1 aromatic heterocycles. The van der Waals surface area contributed by atoms with Crippen molar-refractivity contribution in [2.45, 2.75) is 11.9 Å². The zero-order valence-electron chi connectivity index (χ0n) is 12.5. The molecule has 0 aliphatic carbocycles. The van der Waals surface area contributed by atoms with Crippen molar-refractivity contribution in [3.63, 3.8) is 0 Å². The highest BCUT2D eigenvalue weighted by molar-refractivity contribution is 7.99. The first kappa shape index (κ1) is 16.8. The van der Waals surface area contributed by atoms with Crippen LogP contribution in [-0.2, 0) is 4.79 Å². The predicted molar refractivity (Wildman–Crippen MR) is 88.2 cm³/mol. The molecule has 1 heterocycles. The number of aromatic carboxylic acids is 1. The second kappa shape index (κ2) is 8.19. The number of anilines is 1. The summed E-state index contributed by atoms with van der Waals surface area (Å²) >= 11 is 1.24. The highest BCUT2D eigenvalue weighted by atomic mass is 32.2. The van der Waals surface area contributed by atoms with Crippen LogP contribution in [0.4, 0.5) is 5.69 Å². The molecule has 7 heteroatoms. The molecule has 0 saturated heterocycles. The average molecular weight is 332 g/mol. The number of pyridine rings is 1. The molecule has 1 amide bonds. The van der Waals surface area contributed by atoms with Crippen LogP contribution >= 0.6 is 11.8 Å². The SMILES string of the molecule is CCOc1ccc(NC(=O)CSc2ccc(C(=O)O)cn2)cc1. The fourth-order valence-electron chi connectivity index (χ4n) is 1.73. The number of carboxylic acids is 1. The number of nitrogens with zero attached hydrogens (tertiary/aromatic N) is 1. The van der Waals surface area contributed by atoms with Gasteiger partial charge < -0.3 is 15.2 Å². The van der Waals surface area contributed by atoms with Gasteiger partial charge in [-0.3, -0.25) is 4.79 Å². The Kier molecular flexibility index (Phi) is 5.99. The Balaban J connectivity index is 1.83. The highest BCUT2D eigenvalue weighted by Gasteiger charge is 2.07. The molecule has 0 radical (unpaired) electrons.